The summed E-state index contributed by atoms with van der Waals surface area (Å²) in [6.07, 6.45) is 0.214. The van der Waals surface area contributed by atoms with Crippen LogP contribution in [0.25, 0.3) is 0 Å². The maximum absolute atomic E-state index is 14.9. The second-order valence-electron chi connectivity index (χ2n) is 11.4. The number of hydrogen-bond donors (Lipinski definition) is 3. The fraction of sp³-hybridized carbons (Fsp3) is 0.364. The molecule has 1 aliphatic heterocycles. The van der Waals surface area contributed by atoms with E-state index in [1.54, 1.807) is 13.0 Å². The Morgan fingerprint density at radius 3 is 2.23 bits per heavy atom. The fourth-order valence-electron chi connectivity index (χ4n) is 6.32. The largest absolute Gasteiger partial charge is 0.478 e. The number of alkyl halides is 3. The van der Waals surface area contributed by atoms with Crippen LogP contribution in [0.2, 0.25) is 0 Å². The first-order chi connectivity index (χ1) is 20.9. The number of carboxylic acids is 1. The van der Waals surface area contributed by atoms with Gasteiger partial charge in [-0.3, -0.25) is 9.59 Å². The van der Waals surface area contributed by atoms with E-state index in [0.29, 0.717) is 36.1 Å². The number of aromatic carboxylic acids is 1. The van der Waals surface area contributed by atoms with Gasteiger partial charge < -0.3 is 20.6 Å². The quantitative estimate of drug-likeness (QED) is 0.241. The van der Waals surface area contributed by atoms with E-state index in [-0.39, 0.29) is 17.8 Å². The molecule has 1 saturated heterocycles. The zero-order valence-electron chi connectivity index (χ0n) is 24.1. The first-order valence-corrected chi connectivity index (χ1v) is 14.6. The third kappa shape index (κ3) is 6.56. The molecule has 7 nitrogen and oxygen atoms in total. The molecule has 44 heavy (non-hydrogen) atoms. The Morgan fingerprint density at radius 2 is 1.59 bits per heavy atom. The SMILES string of the molecule is Cc1cccc(F)c1C(=O)N1CCCC(C(=O)Nc2ccc(C(=O)O)c(C(F)(F)F)c2)C1c1ccc(NC2CCCC2)cc1. The van der Waals surface area contributed by atoms with Crippen molar-refractivity contribution < 1.29 is 37.1 Å². The third-order valence-electron chi connectivity index (χ3n) is 8.47. The Labute approximate surface area is 252 Å². The van der Waals surface area contributed by atoms with Crippen molar-refractivity contribution in [3.63, 3.8) is 0 Å². The average molecular weight is 612 g/mol. The van der Waals surface area contributed by atoms with Gasteiger partial charge >= 0.3 is 12.1 Å². The Balaban J connectivity index is 1.49. The number of aryl methyl sites for hydroxylation is 1. The molecule has 2 unspecified atom stereocenters. The standard InChI is InChI=1S/C33H33F4N3O4/c1-19-6-4-10-27(34)28(19)31(42)40-17-5-9-25(29(40)20-11-13-22(14-12-20)38-21-7-2-3-8-21)30(41)39-23-15-16-24(32(43)44)26(18-23)33(35,36)37/h4,6,10-16,18,21,25,29,38H,2-3,5,7-9,17H2,1H3,(H,39,41)(H,43,44). The number of rotatable bonds is 7. The summed E-state index contributed by atoms with van der Waals surface area (Å²) in [6.45, 7) is 1.87. The lowest BCUT2D eigenvalue weighted by Crippen LogP contribution is -2.46. The van der Waals surface area contributed by atoms with Crippen LogP contribution in [0.3, 0.4) is 0 Å². The lowest BCUT2D eigenvalue weighted by molar-refractivity contribution is -0.138. The van der Waals surface area contributed by atoms with Crippen molar-refractivity contribution in [2.75, 3.05) is 17.2 Å². The minimum Gasteiger partial charge on any atom is -0.478 e. The molecule has 2 fully saturated rings. The van der Waals surface area contributed by atoms with Gasteiger partial charge in [0.05, 0.1) is 28.7 Å². The molecule has 1 heterocycles. The fourth-order valence-corrected chi connectivity index (χ4v) is 6.32. The van der Waals surface area contributed by atoms with Crippen LogP contribution in [0.4, 0.5) is 28.9 Å². The number of amides is 2. The second-order valence-corrected chi connectivity index (χ2v) is 11.4. The predicted octanol–water partition coefficient (Wildman–Crippen LogP) is 7.44. The molecule has 3 aromatic carbocycles. The number of carbonyl (C=O) groups is 3. The van der Waals surface area contributed by atoms with Gasteiger partial charge in [-0.05, 0) is 80.1 Å². The van der Waals surface area contributed by atoms with E-state index in [1.165, 1.54) is 17.0 Å². The van der Waals surface area contributed by atoms with Crippen molar-refractivity contribution >= 4 is 29.2 Å². The molecule has 1 aliphatic carbocycles. The molecule has 3 N–H and O–H groups in total. The Hall–Kier alpha value is -4.41. The van der Waals surface area contributed by atoms with Crippen molar-refractivity contribution in [1.82, 2.24) is 4.90 Å². The number of anilines is 2. The van der Waals surface area contributed by atoms with Crippen LogP contribution in [-0.4, -0.2) is 40.4 Å². The number of nitrogens with one attached hydrogen (secondary N) is 2. The molecule has 0 aromatic heterocycles. The number of nitrogens with zero attached hydrogens (tertiary/aromatic N) is 1. The van der Waals surface area contributed by atoms with Crippen LogP contribution < -0.4 is 10.6 Å². The summed E-state index contributed by atoms with van der Waals surface area (Å²) in [5.41, 5.74) is -0.697. The smallest absolute Gasteiger partial charge is 0.417 e. The van der Waals surface area contributed by atoms with Gasteiger partial charge in [0.15, 0.2) is 0 Å². The van der Waals surface area contributed by atoms with Gasteiger partial charge in [0.1, 0.15) is 5.82 Å². The van der Waals surface area contributed by atoms with Crippen LogP contribution in [0.5, 0.6) is 0 Å². The van der Waals surface area contributed by atoms with E-state index < -0.39 is 52.9 Å². The lowest BCUT2D eigenvalue weighted by Gasteiger charge is -2.41. The lowest BCUT2D eigenvalue weighted by atomic mass is 9.83. The van der Waals surface area contributed by atoms with Crippen molar-refractivity contribution in [2.45, 2.75) is 63.7 Å². The van der Waals surface area contributed by atoms with Crippen molar-refractivity contribution in [3.8, 4) is 0 Å². The minimum atomic E-state index is -4.96. The van der Waals surface area contributed by atoms with Gasteiger partial charge in [0, 0.05) is 24.0 Å². The highest BCUT2D eigenvalue weighted by Gasteiger charge is 2.41. The molecule has 0 spiro atoms. The van der Waals surface area contributed by atoms with Crippen LogP contribution >= 0.6 is 0 Å². The molecular formula is C33H33F4N3O4. The minimum absolute atomic E-state index is 0.0999. The molecule has 11 heteroatoms. The van der Waals surface area contributed by atoms with Crippen LogP contribution in [0, 0.1) is 18.7 Å². The highest BCUT2D eigenvalue weighted by molar-refractivity contribution is 5.98. The number of carbonyl (C=O) groups excluding carboxylic acids is 2. The van der Waals surface area contributed by atoms with Crippen LogP contribution in [0.15, 0.2) is 60.7 Å². The molecule has 2 atom stereocenters. The predicted molar refractivity (Wildman–Crippen MR) is 157 cm³/mol. The van der Waals surface area contributed by atoms with Gasteiger partial charge in [0.2, 0.25) is 5.91 Å². The summed E-state index contributed by atoms with van der Waals surface area (Å²) in [5.74, 6) is -4.54. The highest BCUT2D eigenvalue weighted by atomic mass is 19.4. The molecule has 0 radical (unpaired) electrons. The summed E-state index contributed by atoms with van der Waals surface area (Å²) in [7, 11) is 0. The van der Waals surface area contributed by atoms with Gasteiger partial charge in [-0.1, -0.05) is 37.1 Å². The zero-order chi connectivity index (χ0) is 31.6. The summed E-state index contributed by atoms with van der Waals surface area (Å²) in [6, 6.07) is 13.7. The number of halogens is 4. The Kier molecular flexibility index (Phi) is 8.94. The summed E-state index contributed by atoms with van der Waals surface area (Å²) in [5, 5.41) is 15.2. The van der Waals surface area contributed by atoms with Crippen molar-refractivity contribution in [1.29, 1.82) is 0 Å². The Bertz CT molecular complexity index is 1530. The van der Waals surface area contributed by atoms with E-state index in [4.69, 9.17) is 0 Å². The van der Waals surface area contributed by atoms with E-state index in [9.17, 15) is 37.1 Å². The second kappa shape index (κ2) is 12.7. The zero-order valence-corrected chi connectivity index (χ0v) is 24.1. The van der Waals surface area contributed by atoms with E-state index in [1.807, 2.05) is 24.3 Å². The maximum Gasteiger partial charge on any atom is 0.417 e. The summed E-state index contributed by atoms with van der Waals surface area (Å²) < 4.78 is 55.8. The van der Waals surface area contributed by atoms with Gasteiger partial charge in [-0.2, -0.15) is 13.2 Å². The molecular weight excluding hydrogens is 578 g/mol. The van der Waals surface area contributed by atoms with E-state index in [2.05, 4.69) is 10.6 Å². The van der Waals surface area contributed by atoms with Gasteiger partial charge in [-0.25, -0.2) is 9.18 Å². The molecule has 232 valence electrons. The maximum atomic E-state index is 14.9. The van der Waals surface area contributed by atoms with Crippen molar-refractivity contribution in [3.05, 3.63) is 94.3 Å². The normalized spacial score (nSPS) is 19.1. The molecule has 1 saturated carbocycles. The topological polar surface area (TPSA) is 98.7 Å². The number of hydrogen-bond acceptors (Lipinski definition) is 4. The van der Waals surface area contributed by atoms with Crippen LogP contribution in [0.1, 0.15) is 82.0 Å². The number of carboxylic acid groups (broad SMARTS) is 1. The summed E-state index contributed by atoms with van der Waals surface area (Å²) in [4.78, 5) is 40.4. The number of likely N-dealkylation sites (tertiary alicyclic amines) is 1. The molecule has 2 amide bonds. The van der Waals surface area contributed by atoms with Crippen molar-refractivity contribution in [2.24, 2.45) is 5.92 Å². The van der Waals surface area contributed by atoms with E-state index >= 15 is 0 Å². The van der Waals surface area contributed by atoms with Gasteiger partial charge in [-0.15, -0.1) is 0 Å². The summed E-state index contributed by atoms with van der Waals surface area (Å²) >= 11 is 0. The first kappa shape index (κ1) is 31.0. The van der Waals surface area contributed by atoms with Gasteiger partial charge in [0.25, 0.3) is 5.91 Å². The van der Waals surface area contributed by atoms with Crippen LogP contribution in [-0.2, 0) is 11.0 Å². The third-order valence-corrected chi connectivity index (χ3v) is 8.47. The molecule has 0 bridgehead atoms. The number of piperidine rings is 1. The first-order valence-electron chi connectivity index (χ1n) is 14.6. The average Bonchev–Trinajstić information content (AvgIpc) is 3.49. The molecule has 3 aromatic rings. The Morgan fingerprint density at radius 1 is 0.909 bits per heavy atom. The highest BCUT2D eigenvalue weighted by Crippen LogP contribution is 2.40. The molecule has 5 rings (SSSR count). The molecule has 2 aliphatic rings. The van der Waals surface area contributed by atoms with E-state index in [0.717, 1.165) is 43.5 Å². The monoisotopic (exact) mass is 611 g/mol. The number of benzene rings is 3.